The van der Waals surface area contributed by atoms with Crippen LogP contribution in [0.4, 0.5) is 0 Å². The maximum Gasteiger partial charge on any atom is 0.255 e. The Morgan fingerprint density at radius 3 is 1.79 bits per heavy atom. The Labute approximate surface area is 141 Å². The molecule has 0 saturated heterocycles. The Hall–Kier alpha value is -2.93. The molecule has 0 bridgehead atoms. The van der Waals surface area contributed by atoms with Gasteiger partial charge in [0, 0.05) is 5.56 Å². The van der Waals surface area contributed by atoms with Gasteiger partial charge in [-0.05, 0) is 32.9 Å². The smallest absolute Gasteiger partial charge is 0.255 e. The van der Waals surface area contributed by atoms with E-state index < -0.39 is 5.91 Å². The molecule has 0 heterocycles. The fraction of sp³-hybridized carbons (Fsp3) is 0.471. The maximum atomic E-state index is 12.6. The van der Waals surface area contributed by atoms with Crippen LogP contribution in [0.2, 0.25) is 0 Å². The SMILES string of the molecule is CCOc1cc(C(=O)N(CC#N)CC#N)cc(OCC)c1OCC. The van der Waals surface area contributed by atoms with Crippen LogP contribution >= 0.6 is 0 Å². The fourth-order valence-electron chi connectivity index (χ4n) is 2.06. The lowest BCUT2D eigenvalue weighted by molar-refractivity contribution is 0.0793. The van der Waals surface area contributed by atoms with E-state index in [2.05, 4.69) is 0 Å². The number of carbonyl (C=O) groups is 1. The van der Waals surface area contributed by atoms with E-state index >= 15 is 0 Å². The van der Waals surface area contributed by atoms with E-state index in [1.807, 2.05) is 32.9 Å². The van der Waals surface area contributed by atoms with Gasteiger partial charge in [0.1, 0.15) is 13.1 Å². The van der Waals surface area contributed by atoms with Crippen LogP contribution in [0, 0.1) is 22.7 Å². The molecule has 0 saturated carbocycles. The largest absolute Gasteiger partial charge is 0.490 e. The molecule has 1 aromatic rings. The first-order chi connectivity index (χ1) is 11.6. The van der Waals surface area contributed by atoms with E-state index in [4.69, 9.17) is 24.7 Å². The Kier molecular flexibility index (Phi) is 7.93. The highest BCUT2D eigenvalue weighted by atomic mass is 16.5. The predicted octanol–water partition coefficient (Wildman–Crippen LogP) is 2.37. The van der Waals surface area contributed by atoms with Gasteiger partial charge in [0.05, 0.1) is 32.0 Å². The second-order valence-electron chi connectivity index (χ2n) is 4.58. The molecule has 0 fully saturated rings. The topological polar surface area (TPSA) is 95.6 Å². The van der Waals surface area contributed by atoms with E-state index in [0.717, 1.165) is 4.90 Å². The second kappa shape index (κ2) is 9.96. The highest BCUT2D eigenvalue weighted by molar-refractivity contribution is 5.96. The summed E-state index contributed by atoms with van der Waals surface area (Å²) >= 11 is 0. The molecule has 0 aliphatic carbocycles. The summed E-state index contributed by atoms with van der Waals surface area (Å²) in [5.41, 5.74) is 0.274. The summed E-state index contributed by atoms with van der Waals surface area (Å²) in [5.74, 6) is 0.776. The molecule has 0 atom stereocenters. The number of amides is 1. The summed E-state index contributed by atoms with van der Waals surface area (Å²) in [4.78, 5) is 13.7. The van der Waals surface area contributed by atoms with Crippen molar-refractivity contribution in [2.45, 2.75) is 20.8 Å². The van der Waals surface area contributed by atoms with Crippen LogP contribution in [-0.2, 0) is 0 Å². The van der Waals surface area contributed by atoms with Crippen LogP contribution in [0.15, 0.2) is 12.1 Å². The van der Waals surface area contributed by atoms with Crippen LogP contribution in [0.5, 0.6) is 17.2 Å². The quantitative estimate of drug-likeness (QED) is 0.645. The number of nitriles is 2. The zero-order valence-corrected chi connectivity index (χ0v) is 14.2. The third kappa shape index (κ3) is 4.79. The van der Waals surface area contributed by atoms with Crippen LogP contribution in [0.25, 0.3) is 0 Å². The number of rotatable bonds is 9. The Morgan fingerprint density at radius 2 is 1.42 bits per heavy atom. The first-order valence-electron chi connectivity index (χ1n) is 7.72. The van der Waals surface area contributed by atoms with E-state index in [9.17, 15) is 4.79 Å². The van der Waals surface area contributed by atoms with Gasteiger partial charge < -0.3 is 19.1 Å². The molecule has 1 rings (SSSR count). The normalized spacial score (nSPS) is 9.54. The first-order valence-corrected chi connectivity index (χ1v) is 7.72. The van der Waals surface area contributed by atoms with E-state index in [0.29, 0.717) is 37.1 Å². The van der Waals surface area contributed by atoms with Crippen LogP contribution < -0.4 is 14.2 Å². The number of hydrogen-bond acceptors (Lipinski definition) is 6. The molecule has 0 unspecified atom stereocenters. The molecule has 1 aromatic carbocycles. The summed E-state index contributed by atoms with van der Waals surface area (Å²) in [5, 5.41) is 17.7. The van der Waals surface area contributed by atoms with Crippen molar-refractivity contribution in [3.63, 3.8) is 0 Å². The zero-order valence-electron chi connectivity index (χ0n) is 14.2. The molecule has 128 valence electrons. The van der Waals surface area contributed by atoms with Gasteiger partial charge in [0.15, 0.2) is 11.5 Å². The van der Waals surface area contributed by atoms with Gasteiger partial charge >= 0.3 is 0 Å². The van der Waals surface area contributed by atoms with Gasteiger partial charge in [-0.1, -0.05) is 0 Å². The zero-order chi connectivity index (χ0) is 17.9. The number of carbonyl (C=O) groups excluding carboxylic acids is 1. The van der Waals surface area contributed by atoms with E-state index in [-0.39, 0.29) is 18.7 Å². The molecule has 1 amide bonds. The minimum atomic E-state index is -0.442. The van der Waals surface area contributed by atoms with Crippen molar-refractivity contribution >= 4 is 5.91 Å². The number of nitrogens with zero attached hydrogens (tertiary/aromatic N) is 3. The number of benzene rings is 1. The van der Waals surface area contributed by atoms with Gasteiger partial charge in [-0.15, -0.1) is 0 Å². The standard InChI is InChI=1S/C17H21N3O4/c1-4-22-14-11-13(17(21)20(9-7-18)10-8-19)12-15(23-5-2)16(14)24-6-3/h11-12H,4-6,9-10H2,1-3H3. The second-order valence-corrected chi connectivity index (χ2v) is 4.58. The highest BCUT2D eigenvalue weighted by Crippen LogP contribution is 2.39. The Morgan fingerprint density at radius 1 is 0.958 bits per heavy atom. The molecule has 0 aromatic heterocycles. The summed E-state index contributed by atoms with van der Waals surface area (Å²) in [6.07, 6.45) is 0. The third-order valence-electron chi connectivity index (χ3n) is 2.97. The molecule has 0 N–H and O–H groups in total. The molecule has 0 radical (unpaired) electrons. The molecule has 24 heavy (non-hydrogen) atoms. The molecule has 7 nitrogen and oxygen atoms in total. The number of ether oxygens (including phenoxy) is 3. The van der Waals surface area contributed by atoms with Crippen molar-refractivity contribution in [2.75, 3.05) is 32.9 Å². The fourth-order valence-corrected chi connectivity index (χ4v) is 2.06. The van der Waals surface area contributed by atoms with Crippen LogP contribution in [0.3, 0.4) is 0 Å². The van der Waals surface area contributed by atoms with Crippen molar-refractivity contribution in [1.82, 2.24) is 4.90 Å². The monoisotopic (exact) mass is 331 g/mol. The van der Waals surface area contributed by atoms with E-state index in [1.165, 1.54) is 0 Å². The average Bonchev–Trinajstić information content (AvgIpc) is 2.57. The minimum Gasteiger partial charge on any atom is -0.490 e. The molecule has 7 heteroatoms. The van der Waals surface area contributed by atoms with E-state index in [1.54, 1.807) is 12.1 Å². The molecule has 0 aliphatic heterocycles. The van der Waals surface area contributed by atoms with Gasteiger partial charge in [-0.25, -0.2) is 0 Å². The predicted molar refractivity (Wildman–Crippen MR) is 87.1 cm³/mol. The highest BCUT2D eigenvalue weighted by Gasteiger charge is 2.21. The lowest BCUT2D eigenvalue weighted by Crippen LogP contribution is -2.31. The molecule has 0 spiro atoms. The van der Waals surface area contributed by atoms with Crippen molar-refractivity contribution in [3.05, 3.63) is 17.7 Å². The summed E-state index contributed by atoms with van der Waals surface area (Å²) in [7, 11) is 0. The van der Waals surface area contributed by atoms with Crippen LogP contribution in [-0.4, -0.2) is 43.7 Å². The summed E-state index contributed by atoms with van der Waals surface area (Å²) < 4.78 is 16.7. The third-order valence-corrected chi connectivity index (χ3v) is 2.97. The maximum absolute atomic E-state index is 12.6. The summed E-state index contributed by atoms with van der Waals surface area (Å²) in [6, 6.07) is 6.85. The Bertz CT molecular complexity index is 603. The van der Waals surface area contributed by atoms with Crippen molar-refractivity contribution < 1.29 is 19.0 Å². The first kappa shape index (κ1) is 19.1. The van der Waals surface area contributed by atoms with Crippen molar-refractivity contribution in [1.29, 1.82) is 10.5 Å². The molecular formula is C17H21N3O4. The molecule has 0 aliphatic rings. The Balaban J connectivity index is 3.34. The van der Waals surface area contributed by atoms with Gasteiger partial charge in [-0.3, -0.25) is 4.79 Å². The van der Waals surface area contributed by atoms with Gasteiger partial charge in [0.25, 0.3) is 5.91 Å². The average molecular weight is 331 g/mol. The molecular weight excluding hydrogens is 310 g/mol. The summed E-state index contributed by atoms with van der Waals surface area (Å²) in [6.45, 7) is 6.34. The minimum absolute atomic E-state index is 0.173. The lowest BCUT2D eigenvalue weighted by Gasteiger charge is -2.20. The van der Waals surface area contributed by atoms with Gasteiger partial charge in [-0.2, -0.15) is 10.5 Å². The number of hydrogen-bond donors (Lipinski definition) is 0. The lowest BCUT2D eigenvalue weighted by atomic mass is 10.1. The van der Waals surface area contributed by atoms with Crippen LogP contribution in [0.1, 0.15) is 31.1 Å². The van der Waals surface area contributed by atoms with Crippen molar-refractivity contribution in [3.8, 4) is 29.4 Å². The van der Waals surface area contributed by atoms with Crippen molar-refractivity contribution in [2.24, 2.45) is 0 Å². The van der Waals surface area contributed by atoms with Gasteiger partial charge in [0.2, 0.25) is 5.75 Å².